The highest BCUT2D eigenvalue weighted by atomic mass is 79.9. The molecule has 2 aromatic rings. The van der Waals surface area contributed by atoms with Gasteiger partial charge in [-0.25, -0.2) is 9.82 Å². The summed E-state index contributed by atoms with van der Waals surface area (Å²) in [4.78, 5) is 11.9. The first-order chi connectivity index (χ1) is 9.97. The van der Waals surface area contributed by atoms with Crippen molar-refractivity contribution in [2.75, 3.05) is 0 Å². The summed E-state index contributed by atoms with van der Waals surface area (Å²) in [5.74, 6) is -1.07. The van der Waals surface area contributed by atoms with Gasteiger partial charge in [-0.1, -0.05) is 15.9 Å². The SMILES string of the molecule is O=C(N/N=C/c1cc(F)ccc1O)c1cc(Br)ccc1Br. The summed E-state index contributed by atoms with van der Waals surface area (Å²) in [6.45, 7) is 0. The molecule has 0 aliphatic heterocycles. The number of amides is 1. The van der Waals surface area contributed by atoms with E-state index in [2.05, 4.69) is 42.4 Å². The lowest BCUT2D eigenvalue weighted by Crippen LogP contribution is -2.18. The molecule has 4 nitrogen and oxygen atoms in total. The molecule has 0 saturated carbocycles. The van der Waals surface area contributed by atoms with Gasteiger partial charge in [0, 0.05) is 14.5 Å². The Morgan fingerprint density at radius 1 is 1.24 bits per heavy atom. The van der Waals surface area contributed by atoms with Gasteiger partial charge in [0.15, 0.2) is 0 Å². The van der Waals surface area contributed by atoms with Crippen molar-refractivity contribution >= 4 is 44.0 Å². The lowest BCUT2D eigenvalue weighted by atomic mass is 10.2. The van der Waals surface area contributed by atoms with Crippen molar-refractivity contribution in [2.24, 2.45) is 5.10 Å². The van der Waals surface area contributed by atoms with Crippen molar-refractivity contribution < 1.29 is 14.3 Å². The molecule has 1 amide bonds. The molecule has 0 spiro atoms. The van der Waals surface area contributed by atoms with Crippen LogP contribution in [0.15, 0.2) is 50.4 Å². The number of nitrogens with zero attached hydrogens (tertiary/aromatic N) is 1. The van der Waals surface area contributed by atoms with Crippen molar-refractivity contribution in [1.29, 1.82) is 0 Å². The minimum atomic E-state index is -0.504. The van der Waals surface area contributed by atoms with Gasteiger partial charge >= 0.3 is 0 Å². The first kappa shape index (κ1) is 15.7. The molecule has 0 aromatic heterocycles. The Morgan fingerprint density at radius 3 is 2.76 bits per heavy atom. The number of hydrazone groups is 1. The number of halogens is 3. The molecular formula is C14H9Br2FN2O2. The zero-order chi connectivity index (χ0) is 15.4. The number of carbonyl (C=O) groups excluding carboxylic acids is 1. The molecule has 7 heteroatoms. The normalized spacial score (nSPS) is 10.8. The molecule has 2 rings (SSSR count). The average molecular weight is 416 g/mol. The van der Waals surface area contributed by atoms with E-state index in [1.165, 1.54) is 12.3 Å². The monoisotopic (exact) mass is 414 g/mol. The number of phenols is 1. The van der Waals surface area contributed by atoms with E-state index >= 15 is 0 Å². The summed E-state index contributed by atoms with van der Waals surface area (Å²) >= 11 is 6.54. The third-order valence-electron chi connectivity index (χ3n) is 2.53. The highest BCUT2D eigenvalue weighted by Gasteiger charge is 2.09. The van der Waals surface area contributed by atoms with E-state index in [4.69, 9.17) is 0 Å². The van der Waals surface area contributed by atoms with Crippen LogP contribution < -0.4 is 5.43 Å². The Kier molecular flexibility index (Phi) is 5.08. The summed E-state index contributed by atoms with van der Waals surface area (Å²) in [6.07, 6.45) is 1.17. The molecule has 2 N–H and O–H groups in total. The Morgan fingerprint density at radius 2 is 2.00 bits per heavy atom. The molecule has 0 atom stereocenters. The van der Waals surface area contributed by atoms with Gasteiger partial charge in [0.25, 0.3) is 5.91 Å². The van der Waals surface area contributed by atoms with E-state index in [-0.39, 0.29) is 11.3 Å². The van der Waals surface area contributed by atoms with Gasteiger partial charge in [-0.3, -0.25) is 4.79 Å². The molecule has 0 saturated heterocycles. The van der Waals surface area contributed by atoms with Gasteiger partial charge in [-0.15, -0.1) is 0 Å². The molecule has 2 aromatic carbocycles. The second kappa shape index (κ2) is 6.82. The summed E-state index contributed by atoms with van der Waals surface area (Å²) in [5.41, 5.74) is 2.87. The molecule has 0 heterocycles. The van der Waals surface area contributed by atoms with Gasteiger partial charge in [-0.05, 0) is 52.3 Å². The number of aromatic hydroxyl groups is 1. The number of benzene rings is 2. The quantitative estimate of drug-likeness (QED) is 0.591. The van der Waals surface area contributed by atoms with E-state index in [0.29, 0.717) is 10.0 Å². The van der Waals surface area contributed by atoms with Crippen molar-refractivity contribution in [2.45, 2.75) is 0 Å². The second-order valence-electron chi connectivity index (χ2n) is 4.03. The molecule has 0 aliphatic rings. The summed E-state index contributed by atoms with van der Waals surface area (Å²) < 4.78 is 14.4. The minimum Gasteiger partial charge on any atom is -0.507 e. The van der Waals surface area contributed by atoms with Gasteiger partial charge in [0.05, 0.1) is 11.8 Å². The van der Waals surface area contributed by atoms with Crippen molar-refractivity contribution in [1.82, 2.24) is 5.43 Å². The van der Waals surface area contributed by atoms with Gasteiger partial charge in [-0.2, -0.15) is 5.10 Å². The van der Waals surface area contributed by atoms with Crippen LogP contribution in [0.2, 0.25) is 0 Å². The molecule has 0 unspecified atom stereocenters. The number of hydrogen-bond donors (Lipinski definition) is 2. The fraction of sp³-hybridized carbons (Fsp3) is 0. The number of phenolic OH excluding ortho intramolecular Hbond substituents is 1. The fourth-order valence-corrected chi connectivity index (χ4v) is 2.31. The first-order valence-corrected chi connectivity index (χ1v) is 7.33. The molecular weight excluding hydrogens is 407 g/mol. The topological polar surface area (TPSA) is 61.7 Å². The maximum Gasteiger partial charge on any atom is 0.272 e. The number of carbonyl (C=O) groups is 1. The van der Waals surface area contributed by atoms with Crippen LogP contribution in [0.5, 0.6) is 5.75 Å². The lowest BCUT2D eigenvalue weighted by molar-refractivity contribution is 0.0954. The number of nitrogens with one attached hydrogen (secondary N) is 1. The zero-order valence-corrected chi connectivity index (χ0v) is 13.7. The Balaban J connectivity index is 2.12. The number of rotatable bonds is 3. The van der Waals surface area contributed by atoms with Crippen LogP contribution in [0, 0.1) is 5.82 Å². The van der Waals surface area contributed by atoms with Crippen LogP contribution >= 0.6 is 31.9 Å². The van der Waals surface area contributed by atoms with Crippen LogP contribution in [-0.2, 0) is 0 Å². The highest BCUT2D eigenvalue weighted by Crippen LogP contribution is 2.21. The first-order valence-electron chi connectivity index (χ1n) is 5.74. The Hall–Kier alpha value is -1.73. The molecule has 0 aliphatic carbocycles. The van der Waals surface area contributed by atoms with Crippen molar-refractivity contribution in [3.05, 3.63) is 62.3 Å². The molecule has 21 heavy (non-hydrogen) atoms. The third-order valence-corrected chi connectivity index (χ3v) is 3.72. The van der Waals surface area contributed by atoms with Gasteiger partial charge < -0.3 is 5.11 Å². The largest absolute Gasteiger partial charge is 0.507 e. The predicted molar refractivity (Wildman–Crippen MR) is 85.0 cm³/mol. The number of hydrogen-bond acceptors (Lipinski definition) is 3. The highest BCUT2D eigenvalue weighted by molar-refractivity contribution is 9.11. The van der Waals surface area contributed by atoms with Gasteiger partial charge in [0.1, 0.15) is 11.6 Å². The Labute approximate surface area is 136 Å². The van der Waals surface area contributed by atoms with E-state index in [1.54, 1.807) is 18.2 Å². The molecule has 0 fully saturated rings. The molecule has 0 radical (unpaired) electrons. The van der Waals surface area contributed by atoms with Crippen LogP contribution in [0.1, 0.15) is 15.9 Å². The summed E-state index contributed by atoms with van der Waals surface area (Å²) in [6, 6.07) is 8.60. The van der Waals surface area contributed by atoms with E-state index in [9.17, 15) is 14.3 Å². The lowest BCUT2D eigenvalue weighted by Gasteiger charge is -2.03. The van der Waals surface area contributed by atoms with Crippen molar-refractivity contribution in [3.8, 4) is 5.75 Å². The Bertz CT molecular complexity index is 720. The second-order valence-corrected chi connectivity index (χ2v) is 5.80. The van der Waals surface area contributed by atoms with E-state index in [0.717, 1.165) is 16.6 Å². The predicted octanol–water partition coefficient (Wildman–Crippen LogP) is 3.82. The van der Waals surface area contributed by atoms with Gasteiger partial charge in [0.2, 0.25) is 0 Å². The third kappa shape index (κ3) is 4.12. The summed E-state index contributed by atoms with van der Waals surface area (Å²) in [7, 11) is 0. The van der Waals surface area contributed by atoms with Crippen LogP contribution in [-0.4, -0.2) is 17.2 Å². The zero-order valence-electron chi connectivity index (χ0n) is 10.5. The maximum absolute atomic E-state index is 13.0. The van der Waals surface area contributed by atoms with Crippen molar-refractivity contribution in [3.63, 3.8) is 0 Å². The molecule has 108 valence electrons. The van der Waals surface area contributed by atoms with E-state index < -0.39 is 11.7 Å². The average Bonchev–Trinajstić information content (AvgIpc) is 2.45. The van der Waals surface area contributed by atoms with Crippen LogP contribution in [0.3, 0.4) is 0 Å². The van der Waals surface area contributed by atoms with E-state index in [1.807, 2.05) is 0 Å². The molecule has 0 bridgehead atoms. The summed E-state index contributed by atoms with van der Waals surface area (Å²) in [5, 5.41) is 13.2. The smallest absolute Gasteiger partial charge is 0.272 e. The van der Waals surface area contributed by atoms with Crippen LogP contribution in [0.25, 0.3) is 0 Å². The maximum atomic E-state index is 13.0. The fourth-order valence-electron chi connectivity index (χ4n) is 1.52. The standard InChI is InChI=1S/C14H9Br2FN2O2/c15-9-1-3-12(16)11(6-9)14(21)19-18-7-8-5-10(17)2-4-13(8)20/h1-7,20H,(H,19,21)/b18-7+. The van der Waals surface area contributed by atoms with Crippen LogP contribution in [0.4, 0.5) is 4.39 Å². The minimum absolute atomic E-state index is 0.127.